The van der Waals surface area contributed by atoms with Crippen molar-refractivity contribution < 1.29 is 18.3 Å². The monoisotopic (exact) mass is 389 g/mol. The number of nitrogens with zero attached hydrogens (tertiary/aromatic N) is 1. The molecule has 2 aromatic carbocycles. The Bertz CT molecular complexity index is 1020. The highest BCUT2D eigenvalue weighted by Crippen LogP contribution is 2.34. The average molecular weight is 390 g/mol. The van der Waals surface area contributed by atoms with Crippen LogP contribution in [0.3, 0.4) is 0 Å². The zero-order valence-electron chi connectivity index (χ0n) is 13.1. The third-order valence-electron chi connectivity index (χ3n) is 3.54. The molecule has 26 heavy (non-hydrogen) atoms. The third kappa shape index (κ3) is 3.72. The van der Waals surface area contributed by atoms with Crippen LogP contribution in [0.5, 0.6) is 0 Å². The molecule has 4 nitrogen and oxygen atoms in total. The van der Waals surface area contributed by atoms with Gasteiger partial charge >= 0.3 is 5.97 Å². The minimum atomic E-state index is -0.856. The van der Waals surface area contributed by atoms with Crippen LogP contribution in [0.15, 0.2) is 52.9 Å². The molecule has 0 aliphatic rings. The van der Waals surface area contributed by atoms with E-state index in [2.05, 4.69) is 0 Å². The van der Waals surface area contributed by atoms with Crippen molar-refractivity contribution in [2.24, 2.45) is 0 Å². The smallest absolute Gasteiger partial charge is 0.341 e. The summed E-state index contributed by atoms with van der Waals surface area (Å²) in [5.41, 5.74) is 0.469. The first-order chi connectivity index (χ1) is 12.5. The molecule has 130 valence electrons. The van der Waals surface area contributed by atoms with Gasteiger partial charge in [0.2, 0.25) is 0 Å². The van der Waals surface area contributed by atoms with Gasteiger partial charge in [0.05, 0.1) is 27.2 Å². The summed E-state index contributed by atoms with van der Waals surface area (Å²) in [6, 6.07) is 13.7. The predicted molar refractivity (Wildman–Crippen MR) is 94.4 cm³/mol. The summed E-state index contributed by atoms with van der Waals surface area (Å²) >= 11 is 12.1. The summed E-state index contributed by atoms with van der Waals surface area (Å²) in [5.74, 6) is -0.850. The van der Waals surface area contributed by atoms with Crippen molar-refractivity contribution in [1.82, 2.24) is 0 Å². The largest absolute Gasteiger partial charge is 0.457 e. The normalized spacial score (nSPS) is 10.4. The lowest BCUT2D eigenvalue weighted by Gasteiger charge is -2.05. The Morgan fingerprint density at radius 2 is 2.00 bits per heavy atom. The van der Waals surface area contributed by atoms with Crippen molar-refractivity contribution in [3.63, 3.8) is 0 Å². The fourth-order valence-corrected chi connectivity index (χ4v) is 2.65. The highest BCUT2D eigenvalue weighted by atomic mass is 35.5. The second kappa shape index (κ2) is 7.61. The van der Waals surface area contributed by atoms with Crippen LogP contribution in [0.1, 0.15) is 21.7 Å². The standard InChI is InChI=1S/C19H10Cl2FNO3/c20-15-3-1-2-14(18(15)21)17-7-5-12(26-17)10-25-19(24)13-6-4-11(9-23)8-16(13)22/h1-8H,10H2. The number of furan rings is 1. The van der Waals surface area contributed by atoms with Gasteiger partial charge in [0.25, 0.3) is 0 Å². The van der Waals surface area contributed by atoms with Crippen LogP contribution in [-0.2, 0) is 11.3 Å². The molecule has 0 saturated carbocycles. The van der Waals surface area contributed by atoms with E-state index < -0.39 is 11.8 Å². The molecule has 0 N–H and O–H groups in total. The second-order valence-corrected chi connectivity index (χ2v) is 6.04. The Morgan fingerprint density at radius 3 is 2.73 bits per heavy atom. The van der Waals surface area contributed by atoms with Crippen molar-refractivity contribution in [3.05, 3.63) is 81.3 Å². The van der Waals surface area contributed by atoms with Crippen LogP contribution in [0.2, 0.25) is 10.0 Å². The molecule has 3 aromatic rings. The molecule has 0 aliphatic carbocycles. The zero-order valence-corrected chi connectivity index (χ0v) is 14.6. The number of halogens is 3. The Kier molecular flexibility index (Phi) is 5.27. The number of hydrogen-bond donors (Lipinski definition) is 0. The van der Waals surface area contributed by atoms with E-state index in [0.29, 0.717) is 27.1 Å². The highest BCUT2D eigenvalue weighted by molar-refractivity contribution is 6.43. The predicted octanol–water partition coefficient (Wildman–Crippen LogP) is 5.62. The Balaban J connectivity index is 1.71. The fourth-order valence-electron chi connectivity index (χ4n) is 2.26. The van der Waals surface area contributed by atoms with E-state index in [0.717, 1.165) is 6.07 Å². The SMILES string of the molecule is N#Cc1ccc(C(=O)OCc2ccc(-c3cccc(Cl)c3Cl)o2)c(F)c1. The molecule has 0 saturated heterocycles. The van der Waals surface area contributed by atoms with Gasteiger partial charge in [-0.05, 0) is 42.5 Å². The van der Waals surface area contributed by atoms with Crippen LogP contribution < -0.4 is 0 Å². The maximum absolute atomic E-state index is 13.8. The quantitative estimate of drug-likeness (QED) is 0.543. The first-order valence-electron chi connectivity index (χ1n) is 7.39. The lowest BCUT2D eigenvalue weighted by Crippen LogP contribution is -2.07. The molecule has 0 amide bonds. The first-order valence-corrected chi connectivity index (χ1v) is 8.15. The molecule has 0 aliphatic heterocycles. The number of ether oxygens (including phenoxy) is 1. The summed E-state index contributed by atoms with van der Waals surface area (Å²) < 4.78 is 24.5. The lowest BCUT2D eigenvalue weighted by molar-refractivity contribution is 0.0441. The zero-order chi connectivity index (χ0) is 18.7. The molecule has 0 fully saturated rings. The van der Waals surface area contributed by atoms with Crippen LogP contribution >= 0.6 is 23.2 Å². The summed E-state index contributed by atoms with van der Waals surface area (Å²) in [5, 5.41) is 9.46. The van der Waals surface area contributed by atoms with Crippen molar-refractivity contribution in [2.75, 3.05) is 0 Å². The van der Waals surface area contributed by atoms with E-state index >= 15 is 0 Å². The van der Waals surface area contributed by atoms with E-state index in [4.69, 9.17) is 37.6 Å². The van der Waals surface area contributed by atoms with E-state index in [1.165, 1.54) is 12.1 Å². The maximum Gasteiger partial charge on any atom is 0.341 e. The van der Waals surface area contributed by atoms with Crippen LogP contribution in [0.25, 0.3) is 11.3 Å². The molecule has 0 radical (unpaired) electrons. The van der Waals surface area contributed by atoms with Crippen LogP contribution in [-0.4, -0.2) is 5.97 Å². The maximum atomic E-state index is 13.8. The van der Waals surface area contributed by atoms with Crippen LogP contribution in [0, 0.1) is 17.1 Å². The molecule has 7 heteroatoms. The van der Waals surface area contributed by atoms with Crippen molar-refractivity contribution >= 4 is 29.2 Å². The number of benzene rings is 2. The van der Waals surface area contributed by atoms with Gasteiger partial charge in [-0.3, -0.25) is 0 Å². The van der Waals surface area contributed by atoms with Gasteiger partial charge in [0.15, 0.2) is 0 Å². The fraction of sp³-hybridized carbons (Fsp3) is 0.0526. The third-order valence-corrected chi connectivity index (χ3v) is 4.36. The van der Waals surface area contributed by atoms with E-state index in [9.17, 15) is 9.18 Å². The van der Waals surface area contributed by atoms with Gasteiger partial charge in [-0.1, -0.05) is 29.3 Å². The minimum absolute atomic E-state index is 0.119. The number of esters is 1. The molecular weight excluding hydrogens is 380 g/mol. The molecule has 3 rings (SSSR count). The average Bonchev–Trinajstić information content (AvgIpc) is 3.10. The molecule has 1 aromatic heterocycles. The number of carbonyl (C=O) groups excluding carboxylic acids is 1. The van der Waals surface area contributed by atoms with E-state index in [-0.39, 0.29) is 17.7 Å². The molecular formula is C19H10Cl2FNO3. The van der Waals surface area contributed by atoms with Gasteiger partial charge in [-0.25, -0.2) is 9.18 Å². The topological polar surface area (TPSA) is 63.2 Å². The summed E-state index contributed by atoms with van der Waals surface area (Å²) in [6.45, 7) is -0.184. The summed E-state index contributed by atoms with van der Waals surface area (Å²) in [6.07, 6.45) is 0. The van der Waals surface area contributed by atoms with E-state index in [1.54, 1.807) is 36.4 Å². The number of carbonyl (C=O) groups is 1. The molecule has 0 spiro atoms. The summed E-state index contributed by atoms with van der Waals surface area (Å²) in [4.78, 5) is 12.0. The van der Waals surface area contributed by atoms with Crippen molar-refractivity contribution in [2.45, 2.75) is 6.61 Å². The second-order valence-electron chi connectivity index (χ2n) is 5.25. The van der Waals surface area contributed by atoms with E-state index in [1.807, 2.05) is 0 Å². The van der Waals surface area contributed by atoms with Gasteiger partial charge in [0.1, 0.15) is 23.9 Å². The lowest BCUT2D eigenvalue weighted by atomic mass is 10.1. The Labute approximate surface area is 158 Å². The highest BCUT2D eigenvalue weighted by Gasteiger charge is 2.16. The van der Waals surface area contributed by atoms with Gasteiger partial charge < -0.3 is 9.15 Å². The number of rotatable bonds is 4. The molecule has 1 heterocycles. The first kappa shape index (κ1) is 18.0. The van der Waals surface area contributed by atoms with Crippen molar-refractivity contribution in [3.8, 4) is 17.4 Å². The Hall–Kier alpha value is -2.81. The minimum Gasteiger partial charge on any atom is -0.457 e. The number of nitriles is 1. The number of hydrogen-bond acceptors (Lipinski definition) is 4. The van der Waals surface area contributed by atoms with Crippen molar-refractivity contribution in [1.29, 1.82) is 5.26 Å². The molecule has 0 unspecified atom stereocenters. The van der Waals surface area contributed by atoms with Gasteiger partial charge in [-0.2, -0.15) is 5.26 Å². The van der Waals surface area contributed by atoms with Gasteiger partial charge in [-0.15, -0.1) is 0 Å². The Morgan fingerprint density at radius 1 is 1.19 bits per heavy atom. The molecule has 0 atom stereocenters. The van der Waals surface area contributed by atoms with Gasteiger partial charge in [0, 0.05) is 5.56 Å². The molecule has 0 bridgehead atoms. The van der Waals surface area contributed by atoms with Crippen LogP contribution in [0.4, 0.5) is 4.39 Å². The summed E-state index contributed by atoms with van der Waals surface area (Å²) in [7, 11) is 0.